The van der Waals surface area contributed by atoms with Gasteiger partial charge in [-0.3, -0.25) is 9.69 Å². The van der Waals surface area contributed by atoms with Crippen LogP contribution in [0.25, 0.3) is 0 Å². The molecule has 0 aromatic carbocycles. The molecule has 2 saturated heterocycles. The highest BCUT2D eigenvalue weighted by Crippen LogP contribution is 2.17. The molecule has 2 atom stereocenters. The largest absolute Gasteiger partial charge is 0.467 e. The second-order valence-corrected chi connectivity index (χ2v) is 6.20. The van der Waals surface area contributed by atoms with Crippen molar-refractivity contribution in [1.82, 2.24) is 10.2 Å². The number of rotatable bonds is 8. The zero-order valence-electron chi connectivity index (χ0n) is 13.5. The van der Waals surface area contributed by atoms with Crippen LogP contribution in [0.5, 0.6) is 0 Å². The molecule has 0 aliphatic carbocycles. The van der Waals surface area contributed by atoms with Gasteiger partial charge in [0.25, 0.3) is 0 Å². The molecular formula is C17H26N2O4. The molecule has 1 aromatic rings. The molecule has 2 aliphatic rings. The molecule has 23 heavy (non-hydrogen) atoms. The Morgan fingerprint density at radius 2 is 2.35 bits per heavy atom. The second-order valence-electron chi connectivity index (χ2n) is 6.20. The Labute approximate surface area is 137 Å². The van der Waals surface area contributed by atoms with Gasteiger partial charge in [0.05, 0.1) is 38.2 Å². The number of nitrogens with one attached hydrogen (secondary N) is 1. The first-order valence-electron chi connectivity index (χ1n) is 8.56. The number of nitrogens with zero attached hydrogens (tertiary/aromatic N) is 1. The van der Waals surface area contributed by atoms with E-state index in [-0.39, 0.29) is 18.1 Å². The number of furan rings is 1. The second kappa shape index (κ2) is 8.47. The van der Waals surface area contributed by atoms with Gasteiger partial charge in [-0.25, -0.2) is 0 Å². The molecule has 0 saturated carbocycles. The van der Waals surface area contributed by atoms with Crippen LogP contribution in [-0.4, -0.2) is 55.9 Å². The average molecular weight is 322 g/mol. The summed E-state index contributed by atoms with van der Waals surface area (Å²) >= 11 is 0. The summed E-state index contributed by atoms with van der Waals surface area (Å²) in [6, 6.07) is 3.65. The quantitative estimate of drug-likeness (QED) is 0.736. The fourth-order valence-electron chi connectivity index (χ4n) is 3.27. The van der Waals surface area contributed by atoms with E-state index >= 15 is 0 Å². The van der Waals surface area contributed by atoms with Crippen LogP contribution >= 0.6 is 0 Å². The maximum Gasteiger partial charge on any atom is 0.237 e. The smallest absolute Gasteiger partial charge is 0.237 e. The van der Waals surface area contributed by atoms with Gasteiger partial charge < -0.3 is 19.2 Å². The van der Waals surface area contributed by atoms with E-state index in [2.05, 4.69) is 10.2 Å². The third-order valence-electron chi connectivity index (χ3n) is 4.53. The highest BCUT2D eigenvalue weighted by atomic mass is 16.5. The molecule has 2 fully saturated rings. The van der Waals surface area contributed by atoms with E-state index in [9.17, 15) is 4.79 Å². The fraction of sp³-hybridized carbons (Fsp3) is 0.706. The molecule has 1 amide bonds. The van der Waals surface area contributed by atoms with Crippen molar-refractivity contribution >= 4 is 5.91 Å². The van der Waals surface area contributed by atoms with Gasteiger partial charge in [0.2, 0.25) is 5.91 Å². The minimum atomic E-state index is -0.0451. The molecule has 0 unspecified atom stereocenters. The van der Waals surface area contributed by atoms with E-state index in [1.165, 1.54) is 0 Å². The topological polar surface area (TPSA) is 63.9 Å². The summed E-state index contributed by atoms with van der Waals surface area (Å²) in [5, 5.41) is 2.96. The Kier molecular flexibility index (Phi) is 6.07. The molecule has 6 heteroatoms. The summed E-state index contributed by atoms with van der Waals surface area (Å²) in [6.07, 6.45) is 6.09. The molecule has 6 nitrogen and oxygen atoms in total. The maximum atomic E-state index is 12.3. The van der Waals surface area contributed by atoms with Crippen LogP contribution in [0.15, 0.2) is 22.8 Å². The third kappa shape index (κ3) is 4.80. The van der Waals surface area contributed by atoms with Crippen molar-refractivity contribution in [3.05, 3.63) is 24.2 Å². The summed E-state index contributed by atoms with van der Waals surface area (Å²) in [5.74, 6) is 0.862. The first kappa shape index (κ1) is 16.5. The Hall–Kier alpha value is -1.37. The van der Waals surface area contributed by atoms with Gasteiger partial charge in [-0.15, -0.1) is 0 Å². The third-order valence-corrected chi connectivity index (χ3v) is 4.53. The molecule has 0 radical (unpaired) electrons. The van der Waals surface area contributed by atoms with Gasteiger partial charge in [0.15, 0.2) is 0 Å². The van der Waals surface area contributed by atoms with E-state index in [0.29, 0.717) is 19.8 Å². The fourth-order valence-corrected chi connectivity index (χ4v) is 3.27. The first-order chi connectivity index (χ1) is 11.3. The molecule has 2 aliphatic heterocycles. The van der Waals surface area contributed by atoms with E-state index in [1.807, 2.05) is 12.1 Å². The molecule has 1 N–H and O–H groups in total. The van der Waals surface area contributed by atoms with Crippen molar-refractivity contribution in [3.8, 4) is 0 Å². The van der Waals surface area contributed by atoms with Gasteiger partial charge >= 0.3 is 0 Å². The van der Waals surface area contributed by atoms with Crippen LogP contribution < -0.4 is 5.32 Å². The van der Waals surface area contributed by atoms with Crippen molar-refractivity contribution in [2.75, 3.05) is 32.9 Å². The van der Waals surface area contributed by atoms with Crippen LogP contribution in [0.1, 0.15) is 31.4 Å². The number of likely N-dealkylation sites (tertiary alicyclic amines) is 1. The standard InChI is InChI=1S/C17H26N2O4/c20-17(18-12-14-4-2-9-22-14)16-6-1-7-19(16)8-11-21-13-15-5-3-10-23-15/h2,4,9,15-16H,1,3,5-8,10-13H2,(H,18,20)/t15-,16-/m1/s1. The number of hydrogen-bond donors (Lipinski definition) is 1. The molecule has 128 valence electrons. The maximum absolute atomic E-state index is 12.3. The molecule has 0 spiro atoms. The zero-order chi connectivity index (χ0) is 15.9. The lowest BCUT2D eigenvalue weighted by atomic mass is 10.2. The molecule has 3 rings (SSSR count). The van der Waals surface area contributed by atoms with Crippen LogP contribution in [0, 0.1) is 0 Å². The Balaban J connectivity index is 1.35. The molecule has 3 heterocycles. The molecular weight excluding hydrogens is 296 g/mol. The monoisotopic (exact) mass is 322 g/mol. The van der Waals surface area contributed by atoms with E-state index in [0.717, 1.165) is 51.1 Å². The van der Waals surface area contributed by atoms with Gasteiger partial charge in [-0.2, -0.15) is 0 Å². The van der Waals surface area contributed by atoms with Crippen LogP contribution in [-0.2, 0) is 20.8 Å². The Morgan fingerprint density at radius 1 is 1.39 bits per heavy atom. The van der Waals surface area contributed by atoms with Gasteiger partial charge in [0, 0.05) is 13.2 Å². The summed E-state index contributed by atoms with van der Waals surface area (Å²) < 4.78 is 16.5. The lowest BCUT2D eigenvalue weighted by Crippen LogP contribution is -2.44. The average Bonchev–Trinajstić information content (AvgIpc) is 3.32. The summed E-state index contributed by atoms with van der Waals surface area (Å²) in [6.45, 7) is 4.39. The number of carbonyl (C=O) groups is 1. The Bertz CT molecular complexity index is 471. The van der Waals surface area contributed by atoms with Crippen molar-refractivity contribution < 1.29 is 18.7 Å². The summed E-state index contributed by atoms with van der Waals surface area (Å²) in [4.78, 5) is 14.6. The van der Waals surface area contributed by atoms with Crippen LogP contribution in [0.3, 0.4) is 0 Å². The van der Waals surface area contributed by atoms with E-state index in [1.54, 1.807) is 6.26 Å². The predicted molar refractivity (Wildman–Crippen MR) is 84.9 cm³/mol. The van der Waals surface area contributed by atoms with Crippen LogP contribution in [0.4, 0.5) is 0 Å². The van der Waals surface area contributed by atoms with Crippen molar-refractivity contribution in [3.63, 3.8) is 0 Å². The number of hydrogen-bond acceptors (Lipinski definition) is 5. The van der Waals surface area contributed by atoms with Gasteiger partial charge in [-0.05, 0) is 44.4 Å². The van der Waals surface area contributed by atoms with Gasteiger partial charge in [-0.1, -0.05) is 0 Å². The molecule has 1 aromatic heterocycles. The summed E-state index contributed by atoms with van der Waals surface area (Å²) in [7, 11) is 0. The summed E-state index contributed by atoms with van der Waals surface area (Å²) in [5.41, 5.74) is 0. The van der Waals surface area contributed by atoms with E-state index in [4.69, 9.17) is 13.9 Å². The first-order valence-corrected chi connectivity index (χ1v) is 8.56. The Morgan fingerprint density at radius 3 is 3.13 bits per heavy atom. The SMILES string of the molecule is O=C(NCc1ccco1)[C@H]1CCCN1CCOC[C@H]1CCCO1. The minimum absolute atomic E-state index is 0.0451. The highest BCUT2D eigenvalue weighted by Gasteiger charge is 2.30. The lowest BCUT2D eigenvalue weighted by Gasteiger charge is -2.23. The van der Waals surface area contributed by atoms with Crippen molar-refractivity contribution in [2.24, 2.45) is 0 Å². The normalized spacial score (nSPS) is 25.0. The number of amides is 1. The van der Waals surface area contributed by atoms with Crippen LogP contribution in [0.2, 0.25) is 0 Å². The highest BCUT2D eigenvalue weighted by molar-refractivity contribution is 5.81. The zero-order valence-corrected chi connectivity index (χ0v) is 13.5. The van der Waals surface area contributed by atoms with Gasteiger partial charge in [0.1, 0.15) is 5.76 Å². The van der Waals surface area contributed by atoms with Crippen molar-refractivity contribution in [1.29, 1.82) is 0 Å². The minimum Gasteiger partial charge on any atom is -0.467 e. The van der Waals surface area contributed by atoms with Crippen molar-refractivity contribution in [2.45, 2.75) is 44.4 Å². The lowest BCUT2D eigenvalue weighted by molar-refractivity contribution is -0.126. The number of ether oxygens (including phenoxy) is 2. The number of carbonyl (C=O) groups excluding carboxylic acids is 1. The van der Waals surface area contributed by atoms with E-state index < -0.39 is 0 Å². The molecule has 0 bridgehead atoms. The predicted octanol–water partition coefficient (Wildman–Crippen LogP) is 1.56.